The average molecular weight is 277 g/mol. The normalized spacial score (nSPS) is 10.7. The molecule has 0 radical (unpaired) electrons. The summed E-state index contributed by atoms with van der Waals surface area (Å²) in [6.45, 7) is 3.11. The number of nitrogen functional groups attached to an aromatic ring is 1. The standard InChI is InChI=1S/C14H19N3O3/c1-3-9-20-11-6-4-5-10-13(11)16-14(15)17(10)8-7-12(18)19-2/h4-6H,3,7-9H2,1-2H3,(H2,15,16). The van der Waals surface area contributed by atoms with E-state index in [1.165, 1.54) is 7.11 Å². The van der Waals surface area contributed by atoms with E-state index in [0.717, 1.165) is 17.5 Å². The van der Waals surface area contributed by atoms with Crippen molar-refractivity contribution in [3.8, 4) is 5.75 Å². The van der Waals surface area contributed by atoms with Crippen LogP contribution in [0.2, 0.25) is 0 Å². The number of hydrogen-bond donors (Lipinski definition) is 1. The third-order valence-electron chi connectivity index (χ3n) is 3.00. The van der Waals surface area contributed by atoms with Gasteiger partial charge in [0.05, 0.1) is 25.7 Å². The van der Waals surface area contributed by atoms with Crippen molar-refractivity contribution >= 4 is 23.0 Å². The molecule has 0 aliphatic rings. The van der Waals surface area contributed by atoms with Gasteiger partial charge in [0.2, 0.25) is 5.95 Å². The van der Waals surface area contributed by atoms with E-state index in [9.17, 15) is 4.79 Å². The maximum atomic E-state index is 11.2. The molecular weight excluding hydrogens is 258 g/mol. The summed E-state index contributed by atoms with van der Waals surface area (Å²) in [7, 11) is 1.37. The molecule has 0 aliphatic carbocycles. The molecule has 0 amide bonds. The molecule has 2 aromatic rings. The number of carbonyl (C=O) groups is 1. The van der Waals surface area contributed by atoms with E-state index in [1.54, 1.807) is 4.57 Å². The zero-order valence-electron chi connectivity index (χ0n) is 11.8. The SMILES string of the molecule is CCCOc1cccc2c1nc(N)n2CCC(=O)OC. The minimum absolute atomic E-state index is 0.256. The minimum Gasteiger partial charge on any atom is -0.491 e. The van der Waals surface area contributed by atoms with Gasteiger partial charge in [0.15, 0.2) is 0 Å². The number of hydrogen-bond acceptors (Lipinski definition) is 5. The number of anilines is 1. The van der Waals surface area contributed by atoms with E-state index >= 15 is 0 Å². The molecule has 2 N–H and O–H groups in total. The van der Waals surface area contributed by atoms with Crippen molar-refractivity contribution in [1.82, 2.24) is 9.55 Å². The maximum Gasteiger partial charge on any atom is 0.307 e. The molecule has 2 rings (SSSR count). The Kier molecular flexibility index (Phi) is 4.45. The fourth-order valence-electron chi connectivity index (χ4n) is 2.01. The first-order valence-corrected chi connectivity index (χ1v) is 6.61. The van der Waals surface area contributed by atoms with E-state index in [0.29, 0.717) is 24.8 Å². The summed E-state index contributed by atoms with van der Waals surface area (Å²) in [5.74, 6) is 0.814. The number of imidazole rings is 1. The number of carbonyl (C=O) groups excluding carboxylic acids is 1. The summed E-state index contributed by atoms with van der Waals surface area (Å²) in [6.07, 6.45) is 1.18. The lowest BCUT2D eigenvalue weighted by Crippen LogP contribution is -2.09. The van der Waals surface area contributed by atoms with E-state index in [4.69, 9.17) is 10.5 Å². The van der Waals surface area contributed by atoms with Gasteiger partial charge in [0.1, 0.15) is 11.3 Å². The van der Waals surface area contributed by atoms with Gasteiger partial charge in [-0.25, -0.2) is 4.98 Å². The van der Waals surface area contributed by atoms with Crippen molar-refractivity contribution in [2.45, 2.75) is 26.3 Å². The van der Waals surface area contributed by atoms with Crippen molar-refractivity contribution < 1.29 is 14.3 Å². The first-order chi connectivity index (χ1) is 9.67. The summed E-state index contributed by atoms with van der Waals surface area (Å²) in [4.78, 5) is 15.6. The van der Waals surface area contributed by atoms with Crippen molar-refractivity contribution in [3.05, 3.63) is 18.2 Å². The van der Waals surface area contributed by atoms with Crippen LogP contribution < -0.4 is 10.5 Å². The van der Waals surface area contributed by atoms with Gasteiger partial charge in [0, 0.05) is 6.54 Å². The quantitative estimate of drug-likeness (QED) is 0.817. The average Bonchev–Trinajstić information content (AvgIpc) is 2.78. The minimum atomic E-state index is -0.273. The summed E-state index contributed by atoms with van der Waals surface area (Å²) in [5, 5.41) is 0. The lowest BCUT2D eigenvalue weighted by atomic mass is 10.3. The van der Waals surface area contributed by atoms with Crippen molar-refractivity contribution in [3.63, 3.8) is 0 Å². The lowest BCUT2D eigenvalue weighted by molar-refractivity contribution is -0.140. The molecule has 0 spiro atoms. The number of aryl methyl sites for hydroxylation is 1. The molecule has 1 aromatic heterocycles. The van der Waals surface area contributed by atoms with Crippen LogP contribution in [0.1, 0.15) is 19.8 Å². The fourth-order valence-corrected chi connectivity index (χ4v) is 2.01. The van der Waals surface area contributed by atoms with Gasteiger partial charge >= 0.3 is 5.97 Å². The molecule has 20 heavy (non-hydrogen) atoms. The molecule has 1 heterocycles. The highest BCUT2D eigenvalue weighted by molar-refractivity contribution is 5.84. The van der Waals surface area contributed by atoms with E-state index in [1.807, 2.05) is 25.1 Å². The summed E-state index contributed by atoms with van der Waals surface area (Å²) in [5.41, 5.74) is 7.51. The molecule has 6 heteroatoms. The smallest absolute Gasteiger partial charge is 0.307 e. The number of nitrogens with two attached hydrogens (primary N) is 1. The molecule has 1 aromatic carbocycles. The largest absolute Gasteiger partial charge is 0.491 e. The second-order valence-electron chi connectivity index (χ2n) is 4.42. The van der Waals surface area contributed by atoms with Crippen LogP contribution in [0.15, 0.2) is 18.2 Å². The van der Waals surface area contributed by atoms with Crippen LogP contribution in [-0.2, 0) is 16.1 Å². The van der Waals surface area contributed by atoms with Crippen LogP contribution in [0.3, 0.4) is 0 Å². The van der Waals surface area contributed by atoms with Gasteiger partial charge in [-0.2, -0.15) is 0 Å². The van der Waals surface area contributed by atoms with Crippen LogP contribution in [-0.4, -0.2) is 29.2 Å². The van der Waals surface area contributed by atoms with E-state index in [2.05, 4.69) is 9.72 Å². The first kappa shape index (κ1) is 14.2. The van der Waals surface area contributed by atoms with Crippen LogP contribution in [0.25, 0.3) is 11.0 Å². The highest BCUT2D eigenvalue weighted by Gasteiger charge is 2.13. The highest BCUT2D eigenvalue weighted by Crippen LogP contribution is 2.27. The fraction of sp³-hybridized carbons (Fsp3) is 0.429. The second kappa shape index (κ2) is 6.27. The first-order valence-electron chi connectivity index (χ1n) is 6.61. The zero-order chi connectivity index (χ0) is 14.5. The second-order valence-corrected chi connectivity index (χ2v) is 4.42. The summed E-state index contributed by atoms with van der Waals surface area (Å²) >= 11 is 0. The molecule has 0 saturated carbocycles. The number of ether oxygens (including phenoxy) is 2. The Morgan fingerprint density at radius 2 is 2.25 bits per heavy atom. The number of para-hydroxylation sites is 1. The van der Waals surface area contributed by atoms with Crippen LogP contribution >= 0.6 is 0 Å². The van der Waals surface area contributed by atoms with Crippen molar-refractivity contribution in [1.29, 1.82) is 0 Å². The van der Waals surface area contributed by atoms with Gasteiger partial charge in [-0.05, 0) is 18.6 Å². The number of nitrogens with zero attached hydrogens (tertiary/aromatic N) is 2. The van der Waals surface area contributed by atoms with Gasteiger partial charge in [0.25, 0.3) is 0 Å². The topological polar surface area (TPSA) is 79.4 Å². The van der Waals surface area contributed by atoms with E-state index < -0.39 is 0 Å². The molecule has 0 fully saturated rings. The number of fused-ring (bicyclic) bond motifs is 1. The van der Waals surface area contributed by atoms with Crippen molar-refractivity contribution in [2.24, 2.45) is 0 Å². The summed E-state index contributed by atoms with van der Waals surface area (Å²) < 4.78 is 12.1. The van der Waals surface area contributed by atoms with Gasteiger partial charge in [-0.1, -0.05) is 13.0 Å². The number of aromatic nitrogens is 2. The Hall–Kier alpha value is -2.24. The van der Waals surface area contributed by atoms with Gasteiger partial charge < -0.3 is 19.8 Å². The molecule has 0 aliphatic heterocycles. The van der Waals surface area contributed by atoms with Crippen LogP contribution in [0.4, 0.5) is 5.95 Å². The molecule has 0 atom stereocenters. The molecule has 108 valence electrons. The van der Waals surface area contributed by atoms with Crippen molar-refractivity contribution in [2.75, 3.05) is 19.5 Å². The zero-order valence-corrected chi connectivity index (χ0v) is 11.8. The molecule has 6 nitrogen and oxygen atoms in total. The molecular formula is C14H19N3O3. The number of rotatable bonds is 6. The molecule has 0 unspecified atom stereocenters. The molecule has 0 bridgehead atoms. The third-order valence-corrected chi connectivity index (χ3v) is 3.00. The highest BCUT2D eigenvalue weighted by atomic mass is 16.5. The Bertz CT molecular complexity index is 607. The Balaban J connectivity index is 2.31. The predicted molar refractivity (Wildman–Crippen MR) is 76.6 cm³/mol. The number of benzene rings is 1. The van der Waals surface area contributed by atoms with Gasteiger partial charge in [-0.3, -0.25) is 4.79 Å². The van der Waals surface area contributed by atoms with E-state index in [-0.39, 0.29) is 12.4 Å². The van der Waals surface area contributed by atoms with Crippen LogP contribution in [0, 0.1) is 0 Å². The lowest BCUT2D eigenvalue weighted by Gasteiger charge is -2.07. The third kappa shape index (κ3) is 2.84. The number of methoxy groups -OCH3 is 1. The van der Waals surface area contributed by atoms with Gasteiger partial charge in [-0.15, -0.1) is 0 Å². The predicted octanol–water partition coefficient (Wildman–Crippen LogP) is 1.97. The Morgan fingerprint density at radius 1 is 1.45 bits per heavy atom. The Labute approximate surface area is 117 Å². The summed E-state index contributed by atoms with van der Waals surface area (Å²) in [6, 6.07) is 5.67. The number of esters is 1. The molecule has 0 saturated heterocycles. The maximum absolute atomic E-state index is 11.2. The Morgan fingerprint density at radius 3 is 2.95 bits per heavy atom. The monoisotopic (exact) mass is 277 g/mol. The van der Waals surface area contributed by atoms with Crippen LogP contribution in [0.5, 0.6) is 5.75 Å².